The van der Waals surface area contributed by atoms with Crippen molar-refractivity contribution in [2.75, 3.05) is 0 Å². The second-order valence-corrected chi connectivity index (χ2v) is 6.59. The standard InChI is InChI=1S/C14H17Cl3N2O/c1-7-4-3-5-10(8(7)2)19-14(20)13-12(17)11(16)9(15)6-18-13/h6-8,10H,3-5H2,1-2H3,(H,19,20). The molecule has 110 valence electrons. The number of aromatic nitrogens is 1. The number of nitrogens with zero attached hydrogens (tertiary/aromatic N) is 1. The number of carbonyl (C=O) groups is 1. The van der Waals surface area contributed by atoms with Crippen molar-refractivity contribution < 1.29 is 4.79 Å². The smallest absolute Gasteiger partial charge is 0.271 e. The molecule has 1 fully saturated rings. The van der Waals surface area contributed by atoms with Crippen molar-refractivity contribution in [1.82, 2.24) is 10.3 Å². The van der Waals surface area contributed by atoms with E-state index in [1.807, 2.05) is 0 Å². The third-order valence-electron chi connectivity index (χ3n) is 4.16. The fourth-order valence-corrected chi connectivity index (χ4v) is 3.19. The Balaban J connectivity index is 2.14. The highest BCUT2D eigenvalue weighted by Gasteiger charge is 2.29. The topological polar surface area (TPSA) is 42.0 Å². The van der Waals surface area contributed by atoms with Gasteiger partial charge in [-0.05, 0) is 18.3 Å². The summed E-state index contributed by atoms with van der Waals surface area (Å²) in [7, 11) is 0. The predicted octanol–water partition coefficient (Wildman–Crippen LogP) is 4.60. The van der Waals surface area contributed by atoms with E-state index in [4.69, 9.17) is 34.8 Å². The molecule has 0 radical (unpaired) electrons. The zero-order valence-electron chi connectivity index (χ0n) is 11.4. The Morgan fingerprint density at radius 3 is 2.65 bits per heavy atom. The lowest BCUT2D eigenvalue weighted by molar-refractivity contribution is 0.0886. The van der Waals surface area contributed by atoms with Gasteiger partial charge in [0, 0.05) is 12.2 Å². The Labute approximate surface area is 134 Å². The summed E-state index contributed by atoms with van der Waals surface area (Å²) in [5, 5.41) is 3.53. The first-order chi connectivity index (χ1) is 9.41. The Kier molecular flexibility index (Phi) is 5.16. The lowest BCUT2D eigenvalue weighted by atomic mass is 9.78. The summed E-state index contributed by atoms with van der Waals surface area (Å²) >= 11 is 17.8. The maximum absolute atomic E-state index is 12.3. The number of amides is 1. The number of rotatable bonds is 2. The fourth-order valence-electron chi connectivity index (χ4n) is 2.62. The van der Waals surface area contributed by atoms with Crippen LogP contribution in [-0.4, -0.2) is 16.9 Å². The highest BCUT2D eigenvalue weighted by molar-refractivity contribution is 6.48. The van der Waals surface area contributed by atoms with Gasteiger partial charge in [-0.2, -0.15) is 0 Å². The minimum absolute atomic E-state index is 0.105. The average molecular weight is 336 g/mol. The van der Waals surface area contributed by atoms with Crippen LogP contribution in [0.1, 0.15) is 43.6 Å². The minimum Gasteiger partial charge on any atom is -0.348 e. The van der Waals surface area contributed by atoms with E-state index in [0.29, 0.717) is 11.8 Å². The third kappa shape index (κ3) is 3.21. The molecule has 0 aliphatic heterocycles. The molecule has 3 nitrogen and oxygen atoms in total. The summed E-state index contributed by atoms with van der Waals surface area (Å²) in [6, 6.07) is 0.151. The van der Waals surface area contributed by atoms with Gasteiger partial charge in [0.2, 0.25) is 0 Å². The first kappa shape index (κ1) is 15.9. The van der Waals surface area contributed by atoms with Crippen LogP contribution in [0.4, 0.5) is 0 Å². The van der Waals surface area contributed by atoms with Gasteiger partial charge in [-0.15, -0.1) is 0 Å². The van der Waals surface area contributed by atoms with Crippen LogP contribution < -0.4 is 5.32 Å². The highest BCUT2D eigenvalue weighted by atomic mass is 35.5. The van der Waals surface area contributed by atoms with Crippen LogP contribution in [0.5, 0.6) is 0 Å². The maximum Gasteiger partial charge on any atom is 0.271 e. The molecule has 0 bridgehead atoms. The van der Waals surface area contributed by atoms with Crippen LogP contribution in [0, 0.1) is 11.8 Å². The maximum atomic E-state index is 12.3. The zero-order valence-corrected chi connectivity index (χ0v) is 13.7. The molecule has 20 heavy (non-hydrogen) atoms. The van der Waals surface area contributed by atoms with Gasteiger partial charge in [-0.25, -0.2) is 4.98 Å². The normalized spacial score (nSPS) is 26.4. The average Bonchev–Trinajstić information content (AvgIpc) is 2.41. The summed E-state index contributed by atoms with van der Waals surface area (Å²) in [6.45, 7) is 4.38. The summed E-state index contributed by atoms with van der Waals surface area (Å²) < 4.78 is 0. The van der Waals surface area contributed by atoms with Crippen molar-refractivity contribution in [3.63, 3.8) is 0 Å². The second-order valence-electron chi connectivity index (χ2n) is 5.43. The van der Waals surface area contributed by atoms with Gasteiger partial charge in [0.15, 0.2) is 0 Å². The van der Waals surface area contributed by atoms with Crippen molar-refractivity contribution in [3.05, 3.63) is 27.0 Å². The largest absolute Gasteiger partial charge is 0.348 e. The molecular formula is C14H17Cl3N2O. The molecule has 1 aromatic rings. The molecule has 3 unspecified atom stereocenters. The van der Waals surface area contributed by atoms with E-state index in [0.717, 1.165) is 12.8 Å². The molecule has 0 aromatic carbocycles. The fraction of sp³-hybridized carbons (Fsp3) is 0.571. The molecule has 2 rings (SSSR count). The Morgan fingerprint density at radius 1 is 1.25 bits per heavy atom. The Bertz CT molecular complexity index is 521. The molecular weight excluding hydrogens is 319 g/mol. The highest BCUT2D eigenvalue weighted by Crippen LogP contribution is 2.32. The predicted molar refractivity (Wildman–Crippen MR) is 82.7 cm³/mol. The minimum atomic E-state index is -0.292. The molecule has 1 N–H and O–H groups in total. The van der Waals surface area contributed by atoms with Gasteiger partial charge >= 0.3 is 0 Å². The van der Waals surface area contributed by atoms with Crippen LogP contribution >= 0.6 is 34.8 Å². The summed E-state index contributed by atoms with van der Waals surface area (Å²) in [5.41, 5.74) is 0.131. The van der Waals surface area contributed by atoms with Gasteiger partial charge in [-0.3, -0.25) is 4.79 Å². The first-order valence-electron chi connectivity index (χ1n) is 6.72. The number of carbonyl (C=O) groups excluding carboxylic acids is 1. The summed E-state index contributed by atoms with van der Waals surface area (Å²) in [6.07, 6.45) is 4.66. The van der Waals surface area contributed by atoms with Crippen LogP contribution in [0.15, 0.2) is 6.20 Å². The molecule has 1 aliphatic carbocycles. The second kappa shape index (κ2) is 6.50. The van der Waals surface area contributed by atoms with Crippen molar-refractivity contribution in [2.45, 2.75) is 39.2 Å². The van der Waals surface area contributed by atoms with Crippen LogP contribution in [0.3, 0.4) is 0 Å². The van der Waals surface area contributed by atoms with Crippen molar-refractivity contribution in [1.29, 1.82) is 0 Å². The van der Waals surface area contributed by atoms with Gasteiger partial charge in [0.1, 0.15) is 5.69 Å². The van der Waals surface area contributed by atoms with E-state index in [1.54, 1.807) is 0 Å². The van der Waals surface area contributed by atoms with E-state index in [-0.39, 0.29) is 32.7 Å². The Morgan fingerprint density at radius 2 is 1.95 bits per heavy atom. The van der Waals surface area contributed by atoms with Gasteiger partial charge in [0.05, 0.1) is 15.1 Å². The lowest BCUT2D eigenvalue weighted by Crippen LogP contribution is -2.44. The number of halogens is 3. The molecule has 1 heterocycles. The molecule has 6 heteroatoms. The van der Waals surface area contributed by atoms with Crippen LogP contribution in [0.2, 0.25) is 15.1 Å². The number of pyridine rings is 1. The molecule has 3 atom stereocenters. The van der Waals surface area contributed by atoms with Crippen LogP contribution in [0.25, 0.3) is 0 Å². The summed E-state index contributed by atoms with van der Waals surface area (Å²) in [4.78, 5) is 16.3. The van der Waals surface area contributed by atoms with Gasteiger partial charge in [0.25, 0.3) is 5.91 Å². The van der Waals surface area contributed by atoms with E-state index in [9.17, 15) is 4.79 Å². The van der Waals surface area contributed by atoms with E-state index >= 15 is 0 Å². The number of nitrogens with one attached hydrogen (secondary N) is 1. The monoisotopic (exact) mass is 334 g/mol. The molecule has 1 saturated carbocycles. The van der Waals surface area contributed by atoms with E-state index in [2.05, 4.69) is 24.1 Å². The SMILES string of the molecule is CC1CCCC(NC(=O)c2ncc(Cl)c(Cl)c2Cl)C1C. The Hall–Kier alpha value is -0.510. The van der Waals surface area contributed by atoms with E-state index < -0.39 is 0 Å². The summed E-state index contributed by atoms with van der Waals surface area (Å²) in [5.74, 6) is 0.750. The van der Waals surface area contributed by atoms with Crippen molar-refractivity contribution in [2.24, 2.45) is 11.8 Å². The van der Waals surface area contributed by atoms with Gasteiger partial charge < -0.3 is 5.32 Å². The number of hydrogen-bond donors (Lipinski definition) is 1. The van der Waals surface area contributed by atoms with Gasteiger partial charge in [-0.1, -0.05) is 61.5 Å². The van der Waals surface area contributed by atoms with Crippen LogP contribution in [-0.2, 0) is 0 Å². The third-order valence-corrected chi connectivity index (χ3v) is 5.40. The van der Waals surface area contributed by atoms with Crippen molar-refractivity contribution >= 4 is 40.7 Å². The van der Waals surface area contributed by atoms with E-state index in [1.165, 1.54) is 12.6 Å². The molecule has 0 saturated heterocycles. The molecule has 0 spiro atoms. The molecule has 1 aromatic heterocycles. The molecule has 1 amide bonds. The quantitative estimate of drug-likeness (QED) is 0.858. The first-order valence-corrected chi connectivity index (χ1v) is 7.85. The molecule has 1 aliphatic rings. The lowest BCUT2D eigenvalue weighted by Gasteiger charge is -2.34. The number of hydrogen-bond acceptors (Lipinski definition) is 2. The zero-order chi connectivity index (χ0) is 14.9. The van der Waals surface area contributed by atoms with Crippen molar-refractivity contribution in [3.8, 4) is 0 Å².